The lowest BCUT2D eigenvalue weighted by Crippen LogP contribution is -2.48. The molecular formula is C26H39N3O6. The van der Waals surface area contributed by atoms with Gasteiger partial charge in [0.25, 0.3) is 5.91 Å². The van der Waals surface area contributed by atoms with Crippen LogP contribution in [0.1, 0.15) is 50.4 Å². The molecule has 1 N–H and O–H groups in total. The van der Waals surface area contributed by atoms with Crippen molar-refractivity contribution in [2.24, 2.45) is 11.8 Å². The third-order valence-corrected chi connectivity index (χ3v) is 6.93. The fourth-order valence-electron chi connectivity index (χ4n) is 4.60. The molecule has 9 heteroatoms. The number of rotatable bonds is 4. The van der Waals surface area contributed by atoms with E-state index in [4.69, 9.17) is 14.2 Å². The second kappa shape index (κ2) is 12.4. The van der Waals surface area contributed by atoms with E-state index in [2.05, 4.69) is 5.32 Å². The van der Waals surface area contributed by atoms with Gasteiger partial charge in [0.2, 0.25) is 11.8 Å². The molecule has 194 valence electrons. The first-order valence-electron chi connectivity index (χ1n) is 12.5. The van der Waals surface area contributed by atoms with Gasteiger partial charge in [0.05, 0.1) is 17.7 Å². The largest absolute Gasteiger partial charge is 0.491 e. The molecule has 1 aromatic carbocycles. The molecule has 2 aliphatic rings. The Kier molecular flexibility index (Phi) is 9.51. The molecule has 0 aliphatic carbocycles. The fraction of sp³-hybridized carbons (Fsp3) is 0.654. The number of carbonyl (C=O) groups is 3. The van der Waals surface area contributed by atoms with E-state index in [1.165, 1.54) is 0 Å². The maximum absolute atomic E-state index is 13.3. The SMILES string of the molecule is CCC(=O)N1C[C@@H](C)[C@H](OC)CN(C)C(=O)c2ccc(NC(=O)C3CCOCC3)cc2OC[C@H]1C. The topological polar surface area (TPSA) is 97.4 Å². The van der Waals surface area contributed by atoms with Gasteiger partial charge < -0.3 is 29.3 Å². The van der Waals surface area contributed by atoms with E-state index < -0.39 is 0 Å². The van der Waals surface area contributed by atoms with Crippen molar-refractivity contribution in [3.8, 4) is 5.75 Å². The highest BCUT2D eigenvalue weighted by molar-refractivity contribution is 5.98. The van der Waals surface area contributed by atoms with Crippen molar-refractivity contribution in [3.63, 3.8) is 0 Å². The van der Waals surface area contributed by atoms with Crippen LogP contribution in [-0.4, -0.2) is 86.7 Å². The van der Waals surface area contributed by atoms with Gasteiger partial charge in [-0.05, 0) is 31.9 Å². The third kappa shape index (κ3) is 6.73. The molecule has 0 saturated carbocycles. The molecule has 1 saturated heterocycles. The molecule has 2 aliphatic heterocycles. The summed E-state index contributed by atoms with van der Waals surface area (Å²) in [5, 5.41) is 2.96. The molecule has 1 fully saturated rings. The summed E-state index contributed by atoms with van der Waals surface area (Å²) < 4.78 is 17.2. The lowest BCUT2D eigenvalue weighted by Gasteiger charge is -2.36. The molecule has 0 unspecified atom stereocenters. The highest BCUT2D eigenvalue weighted by atomic mass is 16.5. The summed E-state index contributed by atoms with van der Waals surface area (Å²) >= 11 is 0. The van der Waals surface area contributed by atoms with Crippen LogP contribution in [0.5, 0.6) is 5.75 Å². The Labute approximate surface area is 208 Å². The number of benzene rings is 1. The summed E-state index contributed by atoms with van der Waals surface area (Å²) in [5.74, 6) is 0.1000. The van der Waals surface area contributed by atoms with Gasteiger partial charge in [0, 0.05) is 70.5 Å². The number of nitrogens with one attached hydrogen (secondary N) is 1. The summed E-state index contributed by atoms with van der Waals surface area (Å²) in [5.41, 5.74) is 0.973. The van der Waals surface area contributed by atoms with Gasteiger partial charge in [-0.25, -0.2) is 0 Å². The minimum absolute atomic E-state index is 0.0230. The minimum Gasteiger partial charge on any atom is -0.491 e. The van der Waals surface area contributed by atoms with Crippen molar-refractivity contribution in [1.82, 2.24) is 9.80 Å². The van der Waals surface area contributed by atoms with Gasteiger partial charge in [0.1, 0.15) is 12.4 Å². The highest BCUT2D eigenvalue weighted by Gasteiger charge is 2.30. The van der Waals surface area contributed by atoms with Gasteiger partial charge in [-0.1, -0.05) is 13.8 Å². The summed E-state index contributed by atoms with van der Waals surface area (Å²) in [6.45, 7) is 8.08. The maximum atomic E-state index is 13.3. The number of methoxy groups -OCH3 is 1. The van der Waals surface area contributed by atoms with Crippen LogP contribution in [0.15, 0.2) is 18.2 Å². The van der Waals surface area contributed by atoms with Gasteiger partial charge in [-0.3, -0.25) is 14.4 Å². The maximum Gasteiger partial charge on any atom is 0.257 e. The second-order valence-electron chi connectivity index (χ2n) is 9.58. The molecule has 35 heavy (non-hydrogen) atoms. The molecule has 2 heterocycles. The number of hydrogen-bond acceptors (Lipinski definition) is 6. The predicted molar refractivity (Wildman–Crippen MR) is 132 cm³/mol. The number of fused-ring (bicyclic) bond motifs is 1. The number of likely N-dealkylation sites (N-methyl/N-ethyl adjacent to an activating group) is 1. The third-order valence-electron chi connectivity index (χ3n) is 6.93. The Balaban J connectivity index is 1.89. The Bertz CT molecular complexity index is 901. The minimum atomic E-state index is -0.231. The predicted octanol–water partition coefficient (Wildman–Crippen LogP) is 2.79. The molecule has 0 bridgehead atoms. The van der Waals surface area contributed by atoms with E-state index in [0.29, 0.717) is 62.6 Å². The van der Waals surface area contributed by atoms with Crippen LogP contribution in [-0.2, 0) is 19.1 Å². The molecule has 3 amide bonds. The molecule has 0 spiro atoms. The molecule has 9 nitrogen and oxygen atoms in total. The quantitative estimate of drug-likeness (QED) is 0.699. The van der Waals surface area contributed by atoms with Crippen LogP contribution in [0.4, 0.5) is 5.69 Å². The first-order chi connectivity index (χ1) is 16.7. The van der Waals surface area contributed by atoms with E-state index in [-0.39, 0.29) is 48.3 Å². The van der Waals surface area contributed by atoms with E-state index in [0.717, 1.165) is 0 Å². The lowest BCUT2D eigenvalue weighted by molar-refractivity contribution is -0.135. The Morgan fingerprint density at radius 3 is 2.54 bits per heavy atom. The number of amides is 3. The van der Waals surface area contributed by atoms with Crippen molar-refractivity contribution >= 4 is 23.4 Å². The molecule has 0 radical (unpaired) electrons. The summed E-state index contributed by atoms with van der Waals surface area (Å²) in [6, 6.07) is 4.90. The van der Waals surface area contributed by atoms with E-state index in [1.807, 2.05) is 25.7 Å². The Hall–Kier alpha value is -2.65. The summed E-state index contributed by atoms with van der Waals surface area (Å²) in [7, 11) is 3.36. The smallest absolute Gasteiger partial charge is 0.257 e. The molecule has 1 aromatic rings. The first kappa shape index (κ1) is 26.9. The number of ether oxygens (including phenoxy) is 3. The fourth-order valence-corrected chi connectivity index (χ4v) is 4.60. The van der Waals surface area contributed by atoms with Crippen molar-refractivity contribution in [3.05, 3.63) is 23.8 Å². The van der Waals surface area contributed by atoms with E-state index in [9.17, 15) is 14.4 Å². The lowest BCUT2D eigenvalue weighted by atomic mass is 9.99. The zero-order valence-corrected chi connectivity index (χ0v) is 21.5. The molecule has 3 rings (SSSR count). The molecule has 3 atom stereocenters. The van der Waals surface area contributed by atoms with E-state index >= 15 is 0 Å². The average Bonchev–Trinajstić information content (AvgIpc) is 2.87. The summed E-state index contributed by atoms with van der Waals surface area (Å²) in [6.07, 6.45) is 1.54. The van der Waals surface area contributed by atoms with Crippen LogP contribution in [0.3, 0.4) is 0 Å². The van der Waals surface area contributed by atoms with Gasteiger partial charge in [-0.2, -0.15) is 0 Å². The van der Waals surface area contributed by atoms with Crippen molar-refractivity contribution in [2.45, 2.75) is 52.2 Å². The average molecular weight is 490 g/mol. The van der Waals surface area contributed by atoms with Gasteiger partial charge in [0.15, 0.2) is 0 Å². The number of carbonyl (C=O) groups excluding carboxylic acids is 3. The summed E-state index contributed by atoms with van der Waals surface area (Å²) in [4.78, 5) is 42.2. The van der Waals surface area contributed by atoms with Gasteiger partial charge >= 0.3 is 0 Å². The van der Waals surface area contributed by atoms with Crippen molar-refractivity contribution < 1.29 is 28.6 Å². The van der Waals surface area contributed by atoms with Crippen molar-refractivity contribution in [1.29, 1.82) is 0 Å². The number of nitrogens with zero attached hydrogens (tertiary/aromatic N) is 2. The second-order valence-corrected chi connectivity index (χ2v) is 9.58. The van der Waals surface area contributed by atoms with Crippen LogP contribution < -0.4 is 10.1 Å². The number of hydrogen-bond donors (Lipinski definition) is 1. The molecular weight excluding hydrogens is 450 g/mol. The Morgan fingerprint density at radius 2 is 1.89 bits per heavy atom. The van der Waals surface area contributed by atoms with E-state index in [1.54, 1.807) is 37.3 Å². The van der Waals surface area contributed by atoms with Crippen LogP contribution in [0.2, 0.25) is 0 Å². The van der Waals surface area contributed by atoms with Crippen LogP contribution >= 0.6 is 0 Å². The monoisotopic (exact) mass is 489 g/mol. The standard InChI is InChI=1S/C26H39N3O6/c1-6-24(30)29-14-17(2)23(33-5)15-28(4)26(32)21-8-7-20(13-22(21)35-16-18(29)3)27-25(31)19-9-11-34-12-10-19/h7-8,13,17-19,23H,6,9-12,14-16H2,1-5H3,(H,27,31)/t17-,18-,23-/m1/s1. The first-order valence-corrected chi connectivity index (χ1v) is 12.5. The van der Waals surface area contributed by atoms with Crippen molar-refractivity contribution in [2.75, 3.05) is 52.4 Å². The molecule has 0 aromatic heterocycles. The number of anilines is 1. The highest BCUT2D eigenvalue weighted by Crippen LogP contribution is 2.28. The zero-order valence-electron chi connectivity index (χ0n) is 21.5. The van der Waals surface area contributed by atoms with Crippen LogP contribution in [0.25, 0.3) is 0 Å². The zero-order chi connectivity index (χ0) is 25.5. The van der Waals surface area contributed by atoms with Gasteiger partial charge in [-0.15, -0.1) is 0 Å². The van der Waals surface area contributed by atoms with Crippen LogP contribution in [0, 0.1) is 11.8 Å². The normalized spacial score (nSPS) is 24.6. The Morgan fingerprint density at radius 1 is 1.17 bits per heavy atom.